The monoisotopic (exact) mass is 241 g/mol. The fraction of sp³-hybridized carbons (Fsp3) is 0.250. The van der Waals surface area contributed by atoms with Gasteiger partial charge in [-0.05, 0) is 48.6 Å². The Hall–Kier alpha value is -1.83. The van der Waals surface area contributed by atoms with Crippen molar-refractivity contribution in [3.05, 3.63) is 66.0 Å². The van der Waals surface area contributed by atoms with Crippen molar-refractivity contribution in [2.24, 2.45) is 0 Å². The van der Waals surface area contributed by atoms with Crippen LogP contribution in [0, 0.1) is 5.82 Å². The molecule has 1 aliphatic rings. The molecule has 0 radical (unpaired) electrons. The van der Waals surface area contributed by atoms with E-state index >= 15 is 0 Å². The van der Waals surface area contributed by atoms with Crippen molar-refractivity contribution >= 4 is 5.69 Å². The fourth-order valence-corrected chi connectivity index (χ4v) is 2.54. The maximum atomic E-state index is 13.1. The van der Waals surface area contributed by atoms with E-state index in [4.69, 9.17) is 0 Å². The molecule has 2 heteroatoms. The Labute approximate surface area is 107 Å². The van der Waals surface area contributed by atoms with E-state index in [-0.39, 0.29) is 5.82 Å². The zero-order chi connectivity index (χ0) is 12.4. The van der Waals surface area contributed by atoms with Crippen molar-refractivity contribution in [1.29, 1.82) is 0 Å². The molecule has 1 N–H and O–H groups in total. The molecule has 1 saturated carbocycles. The Morgan fingerprint density at radius 3 is 2.44 bits per heavy atom. The first kappa shape index (κ1) is 11.3. The average Bonchev–Trinajstić information content (AvgIpc) is 2.34. The molecular formula is C16H16FN. The molecule has 2 aromatic carbocycles. The Morgan fingerprint density at radius 1 is 0.944 bits per heavy atom. The summed E-state index contributed by atoms with van der Waals surface area (Å²) >= 11 is 0. The maximum Gasteiger partial charge on any atom is 0.123 e. The number of anilines is 1. The molecule has 0 heterocycles. The van der Waals surface area contributed by atoms with Crippen molar-refractivity contribution in [3.63, 3.8) is 0 Å². The molecule has 1 fully saturated rings. The van der Waals surface area contributed by atoms with E-state index in [9.17, 15) is 4.39 Å². The number of nitrogens with one attached hydrogen (secondary N) is 1. The van der Waals surface area contributed by atoms with E-state index in [0.717, 1.165) is 18.4 Å². The zero-order valence-corrected chi connectivity index (χ0v) is 10.1. The first-order chi connectivity index (χ1) is 8.81. The number of hydrogen-bond donors (Lipinski definition) is 1. The first-order valence-electron chi connectivity index (χ1n) is 6.38. The van der Waals surface area contributed by atoms with Gasteiger partial charge in [-0.15, -0.1) is 0 Å². The number of rotatable bonds is 3. The first-order valence-corrected chi connectivity index (χ1v) is 6.38. The molecule has 0 saturated heterocycles. The average molecular weight is 241 g/mol. The Morgan fingerprint density at radius 2 is 1.72 bits per heavy atom. The van der Waals surface area contributed by atoms with Crippen LogP contribution in [-0.2, 0) is 0 Å². The highest BCUT2D eigenvalue weighted by atomic mass is 19.1. The standard InChI is InChI=1S/C16H16FN/c17-14-6-4-5-12(9-14)13-10-16(11-13)18-15-7-2-1-3-8-15/h1-9,13,16,18H,10-11H2. The number of halogens is 1. The van der Waals surface area contributed by atoms with Gasteiger partial charge in [0, 0.05) is 11.7 Å². The van der Waals surface area contributed by atoms with E-state index in [1.807, 2.05) is 24.3 Å². The summed E-state index contributed by atoms with van der Waals surface area (Å²) in [5.74, 6) is 0.369. The lowest BCUT2D eigenvalue weighted by Gasteiger charge is -2.37. The molecule has 18 heavy (non-hydrogen) atoms. The third-order valence-corrected chi connectivity index (χ3v) is 3.60. The lowest BCUT2D eigenvalue weighted by molar-refractivity contribution is 0.373. The van der Waals surface area contributed by atoms with Crippen LogP contribution in [0.25, 0.3) is 0 Å². The van der Waals surface area contributed by atoms with Gasteiger partial charge < -0.3 is 5.32 Å². The summed E-state index contributed by atoms with van der Waals surface area (Å²) < 4.78 is 13.1. The normalized spacial score (nSPS) is 22.3. The van der Waals surface area contributed by atoms with Crippen LogP contribution in [0.4, 0.5) is 10.1 Å². The Bertz CT molecular complexity index is 518. The molecule has 0 spiro atoms. The minimum atomic E-state index is -0.132. The van der Waals surface area contributed by atoms with Crippen LogP contribution < -0.4 is 5.32 Å². The van der Waals surface area contributed by atoms with Crippen LogP contribution in [0.5, 0.6) is 0 Å². The lowest BCUT2D eigenvalue weighted by atomic mass is 9.76. The fourth-order valence-electron chi connectivity index (χ4n) is 2.54. The van der Waals surface area contributed by atoms with Gasteiger partial charge in [0.2, 0.25) is 0 Å². The second kappa shape index (κ2) is 4.81. The van der Waals surface area contributed by atoms with Gasteiger partial charge in [0.15, 0.2) is 0 Å². The van der Waals surface area contributed by atoms with Crippen LogP contribution in [0.15, 0.2) is 54.6 Å². The highest BCUT2D eigenvalue weighted by molar-refractivity contribution is 5.44. The summed E-state index contributed by atoms with van der Waals surface area (Å²) in [4.78, 5) is 0. The maximum absolute atomic E-state index is 13.1. The number of para-hydroxylation sites is 1. The molecule has 0 atom stereocenters. The summed E-state index contributed by atoms with van der Waals surface area (Å²) in [5.41, 5.74) is 2.29. The molecular weight excluding hydrogens is 225 g/mol. The summed E-state index contributed by atoms with van der Waals surface area (Å²) in [5, 5.41) is 3.50. The molecule has 0 unspecified atom stereocenters. The SMILES string of the molecule is Fc1cccc(C2CC(Nc3ccccc3)C2)c1. The second-order valence-corrected chi connectivity index (χ2v) is 4.93. The molecule has 0 aliphatic heterocycles. The molecule has 3 rings (SSSR count). The zero-order valence-electron chi connectivity index (χ0n) is 10.1. The van der Waals surface area contributed by atoms with Crippen LogP contribution >= 0.6 is 0 Å². The van der Waals surface area contributed by atoms with E-state index in [2.05, 4.69) is 17.4 Å². The number of hydrogen-bond acceptors (Lipinski definition) is 1. The topological polar surface area (TPSA) is 12.0 Å². The van der Waals surface area contributed by atoms with Crippen LogP contribution in [-0.4, -0.2) is 6.04 Å². The van der Waals surface area contributed by atoms with Crippen molar-refractivity contribution in [2.75, 3.05) is 5.32 Å². The molecule has 1 nitrogen and oxygen atoms in total. The Kier molecular flexibility index (Phi) is 3.01. The summed E-state index contributed by atoms with van der Waals surface area (Å²) in [7, 11) is 0. The van der Waals surface area contributed by atoms with Crippen LogP contribution in [0.1, 0.15) is 24.3 Å². The smallest absolute Gasteiger partial charge is 0.123 e. The van der Waals surface area contributed by atoms with Gasteiger partial charge in [0.1, 0.15) is 5.82 Å². The minimum Gasteiger partial charge on any atom is -0.382 e. The van der Waals surface area contributed by atoms with Crippen molar-refractivity contribution in [2.45, 2.75) is 24.8 Å². The summed E-state index contributed by atoms with van der Waals surface area (Å²) in [6.07, 6.45) is 2.16. The van der Waals surface area contributed by atoms with Crippen molar-refractivity contribution in [3.8, 4) is 0 Å². The third kappa shape index (κ3) is 2.37. The molecule has 0 amide bonds. The highest BCUT2D eigenvalue weighted by Gasteiger charge is 2.30. The largest absolute Gasteiger partial charge is 0.382 e. The van der Waals surface area contributed by atoms with E-state index in [0.29, 0.717) is 12.0 Å². The predicted octanol–water partition coefficient (Wildman–Crippen LogP) is 4.18. The second-order valence-electron chi connectivity index (χ2n) is 4.93. The van der Waals surface area contributed by atoms with Gasteiger partial charge in [0.25, 0.3) is 0 Å². The van der Waals surface area contributed by atoms with Gasteiger partial charge in [-0.3, -0.25) is 0 Å². The molecule has 92 valence electrons. The lowest BCUT2D eigenvalue weighted by Crippen LogP contribution is -2.33. The molecule has 2 aromatic rings. The third-order valence-electron chi connectivity index (χ3n) is 3.60. The van der Waals surface area contributed by atoms with E-state index in [1.165, 1.54) is 11.8 Å². The van der Waals surface area contributed by atoms with Gasteiger partial charge in [-0.1, -0.05) is 30.3 Å². The van der Waals surface area contributed by atoms with Gasteiger partial charge in [-0.25, -0.2) is 4.39 Å². The quantitative estimate of drug-likeness (QED) is 0.849. The van der Waals surface area contributed by atoms with Crippen molar-refractivity contribution < 1.29 is 4.39 Å². The van der Waals surface area contributed by atoms with Gasteiger partial charge in [0.05, 0.1) is 0 Å². The molecule has 1 aliphatic carbocycles. The summed E-state index contributed by atoms with van der Waals surface area (Å²) in [6, 6.07) is 17.7. The van der Waals surface area contributed by atoms with Gasteiger partial charge in [-0.2, -0.15) is 0 Å². The van der Waals surface area contributed by atoms with E-state index < -0.39 is 0 Å². The molecule has 0 aromatic heterocycles. The molecule has 0 bridgehead atoms. The minimum absolute atomic E-state index is 0.132. The van der Waals surface area contributed by atoms with Crippen molar-refractivity contribution in [1.82, 2.24) is 0 Å². The van der Waals surface area contributed by atoms with Gasteiger partial charge >= 0.3 is 0 Å². The predicted molar refractivity (Wildman–Crippen MR) is 72.2 cm³/mol. The number of benzene rings is 2. The van der Waals surface area contributed by atoms with Crippen LogP contribution in [0.2, 0.25) is 0 Å². The van der Waals surface area contributed by atoms with Crippen LogP contribution in [0.3, 0.4) is 0 Å². The summed E-state index contributed by atoms with van der Waals surface area (Å²) in [6.45, 7) is 0. The Balaban J connectivity index is 1.57. The van der Waals surface area contributed by atoms with E-state index in [1.54, 1.807) is 12.1 Å². The highest BCUT2D eigenvalue weighted by Crippen LogP contribution is 2.38.